The fraction of sp³-hybridized carbons (Fsp3) is 0.333. The summed E-state index contributed by atoms with van der Waals surface area (Å²) in [6.45, 7) is -0.366. The van der Waals surface area contributed by atoms with E-state index in [2.05, 4.69) is 10.3 Å². The van der Waals surface area contributed by atoms with Crippen LogP contribution in [-0.2, 0) is 19.8 Å². The van der Waals surface area contributed by atoms with Crippen molar-refractivity contribution in [3.05, 3.63) is 47.3 Å². The smallest absolute Gasteiger partial charge is 0.114 e. The summed E-state index contributed by atoms with van der Waals surface area (Å²) in [5.41, 5.74) is 1.52. The topological polar surface area (TPSA) is 91.4 Å². The van der Waals surface area contributed by atoms with Gasteiger partial charge in [0.2, 0.25) is 0 Å². The Morgan fingerprint density at radius 3 is 2.44 bits per heavy atom. The first-order chi connectivity index (χ1) is 8.76. The molecule has 0 radical (unpaired) electrons. The van der Waals surface area contributed by atoms with Gasteiger partial charge in [-0.05, 0) is 5.56 Å². The Balaban J connectivity index is 2.17. The van der Waals surface area contributed by atoms with E-state index in [1.165, 1.54) is 4.68 Å². The third-order valence-corrected chi connectivity index (χ3v) is 2.75. The van der Waals surface area contributed by atoms with Crippen LogP contribution < -0.4 is 0 Å². The van der Waals surface area contributed by atoms with Crippen LogP contribution in [0.15, 0.2) is 30.3 Å². The predicted molar refractivity (Wildman–Crippen MR) is 63.3 cm³/mol. The van der Waals surface area contributed by atoms with Gasteiger partial charge in [0.25, 0.3) is 0 Å². The molecular formula is C12H15N3O3. The molecule has 1 aromatic heterocycles. The van der Waals surface area contributed by atoms with Crippen LogP contribution in [0.2, 0.25) is 0 Å². The minimum Gasteiger partial charge on any atom is -0.390 e. The van der Waals surface area contributed by atoms with E-state index in [0.717, 1.165) is 5.56 Å². The zero-order valence-corrected chi connectivity index (χ0v) is 9.77. The van der Waals surface area contributed by atoms with Crippen molar-refractivity contribution in [3.8, 4) is 0 Å². The summed E-state index contributed by atoms with van der Waals surface area (Å²) >= 11 is 0. The molecule has 1 atom stereocenters. The van der Waals surface area contributed by atoms with Crippen molar-refractivity contribution in [3.63, 3.8) is 0 Å². The second-order valence-corrected chi connectivity index (χ2v) is 3.91. The molecule has 0 saturated heterocycles. The molecule has 2 rings (SSSR count). The lowest BCUT2D eigenvalue weighted by molar-refractivity contribution is 0.145. The van der Waals surface area contributed by atoms with Crippen molar-refractivity contribution in [2.75, 3.05) is 0 Å². The lowest BCUT2D eigenvalue weighted by atomic mass is 10.1. The molecule has 3 N–H and O–H groups in total. The van der Waals surface area contributed by atoms with Gasteiger partial charge in [0, 0.05) is 0 Å². The van der Waals surface area contributed by atoms with Crippen molar-refractivity contribution in [1.82, 2.24) is 15.0 Å². The van der Waals surface area contributed by atoms with Crippen molar-refractivity contribution < 1.29 is 15.3 Å². The minimum atomic E-state index is -0.732. The molecule has 1 aromatic carbocycles. The van der Waals surface area contributed by atoms with Crippen LogP contribution in [0.3, 0.4) is 0 Å². The fourth-order valence-electron chi connectivity index (χ4n) is 1.76. The van der Waals surface area contributed by atoms with Gasteiger partial charge in [-0.15, -0.1) is 5.10 Å². The maximum atomic E-state index is 10.0. The Morgan fingerprint density at radius 2 is 1.83 bits per heavy atom. The summed E-state index contributed by atoms with van der Waals surface area (Å²) in [7, 11) is 0. The summed E-state index contributed by atoms with van der Waals surface area (Å²) in [4.78, 5) is 0. The number of aromatic nitrogens is 3. The molecular weight excluding hydrogens is 234 g/mol. The Bertz CT molecular complexity index is 499. The Hall–Kier alpha value is -1.76. The van der Waals surface area contributed by atoms with Crippen molar-refractivity contribution >= 4 is 0 Å². The molecule has 1 heterocycles. The highest BCUT2D eigenvalue weighted by Crippen LogP contribution is 2.16. The number of hydrogen-bond acceptors (Lipinski definition) is 5. The lowest BCUT2D eigenvalue weighted by Crippen LogP contribution is -2.13. The Labute approximate surface area is 104 Å². The number of benzene rings is 1. The van der Waals surface area contributed by atoms with E-state index in [1.807, 2.05) is 30.3 Å². The summed E-state index contributed by atoms with van der Waals surface area (Å²) in [5, 5.41) is 35.8. The zero-order chi connectivity index (χ0) is 13.0. The highest BCUT2D eigenvalue weighted by atomic mass is 16.3. The molecule has 96 valence electrons. The molecule has 0 bridgehead atoms. The molecule has 0 spiro atoms. The Kier molecular flexibility index (Phi) is 4.03. The fourth-order valence-corrected chi connectivity index (χ4v) is 1.76. The zero-order valence-electron chi connectivity index (χ0n) is 9.77. The first kappa shape index (κ1) is 12.7. The van der Waals surface area contributed by atoms with Crippen molar-refractivity contribution in [2.45, 2.75) is 25.9 Å². The monoisotopic (exact) mass is 249 g/mol. The van der Waals surface area contributed by atoms with E-state index in [0.29, 0.717) is 11.4 Å². The lowest BCUT2D eigenvalue weighted by Gasteiger charge is -2.12. The van der Waals surface area contributed by atoms with Crippen LogP contribution in [0, 0.1) is 0 Å². The van der Waals surface area contributed by atoms with Crippen molar-refractivity contribution in [2.24, 2.45) is 0 Å². The molecule has 0 aliphatic carbocycles. The van der Waals surface area contributed by atoms with Crippen LogP contribution in [0.4, 0.5) is 0 Å². The average molecular weight is 249 g/mol. The van der Waals surface area contributed by atoms with Gasteiger partial charge < -0.3 is 15.3 Å². The van der Waals surface area contributed by atoms with E-state index in [9.17, 15) is 10.2 Å². The molecule has 2 aromatic rings. The highest BCUT2D eigenvalue weighted by molar-refractivity contribution is 5.17. The summed E-state index contributed by atoms with van der Waals surface area (Å²) in [5.74, 6) is 0. The number of nitrogens with zero attached hydrogens (tertiary/aromatic N) is 3. The van der Waals surface area contributed by atoms with Crippen LogP contribution in [0.1, 0.15) is 23.1 Å². The van der Waals surface area contributed by atoms with Gasteiger partial charge >= 0.3 is 0 Å². The second kappa shape index (κ2) is 5.72. The van der Waals surface area contributed by atoms with Gasteiger partial charge in [0.15, 0.2) is 0 Å². The minimum absolute atomic E-state index is 0.187. The molecule has 6 nitrogen and oxygen atoms in total. The van der Waals surface area contributed by atoms with Gasteiger partial charge in [-0.1, -0.05) is 35.5 Å². The normalized spacial score (nSPS) is 12.6. The largest absolute Gasteiger partial charge is 0.390 e. The van der Waals surface area contributed by atoms with E-state index in [1.54, 1.807) is 0 Å². The van der Waals surface area contributed by atoms with Crippen molar-refractivity contribution in [1.29, 1.82) is 0 Å². The van der Waals surface area contributed by atoms with E-state index < -0.39 is 6.10 Å². The standard InChI is InChI=1S/C12H15N3O3/c16-7-10-11(8-17)15(14-13-10)6-12(18)9-4-2-1-3-5-9/h1-5,12,16-18H,6-8H2. The molecule has 0 aliphatic heterocycles. The quantitative estimate of drug-likeness (QED) is 0.693. The molecule has 6 heteroatoms. The SMILES string of the molecule is OCc1nnn(CC(O)c2ccccc2)c1CO. The van der Waals surface area contributed by atoms with Gasteiger partial charge in [-0.3, -0.25) is 0 Å². The predicted octanol–water partition coefficient (Wildman–Crippen LogP) is -0.00370. The summed E-state index contributed by atoms with van der Waals surface area (Å²) in [6.07, 6.45) is -0.732. The molecule has 0 aliphatic rings. The number of hydrogen-bond donors (Lipinski definition) is 3. The van der Waals surface area contributed by atoms with Gasteiger partial charge in [0.1, 0.15) is 5.69 Å². The van der Waals surface area contributed by atoms with Gasteiger partial charge in [0.05, 0.1) is 31.6 Å². The first-order valence-electron chi connectivity index (χ1n) is 5.62. The molecule has 0 saturated carbocycles. The highest BCUT2D eigenvalue weighted by Gasteiger charge is 2.15. The summed E-state index contributed by atoms with van der Waals surface area (Å²) in [6, 6.07) is 9.17. The molecule has 1 unspecified atom stereocenters. The number of aliphatic hydroxyl groups is 3. The third kappa shape index (κ3) is 2.56. The van der Waals surface area contributed by atoms with Gasteiger partial charge in [-0.2, -0.15) is 0 Å². The first-order valence-corrected chi connectivity index (χ1v) is 5.62. The summed E-state index contributed by atoms with van der Waals surface area (Å²) < 4.78 is 1.41. The van der Waals surface area contributed by atoms with E-state index >= 15 is 0 Å². The Morgan fingerprint density at radius 1 is 1.11 bits per heavy atom. The van der Waals surface area contributed by atoms with Crippen LogP contribution in [-0.4, -0.2) is 30.3 Å². The van der Waals surface area contributed by atoms with E-state index in [-0.39, 0.29) is 19.8 Å². The molecule has 0 fully saturated rings. The number of aliphatic hydroxyl groups excluding tert-OH is 3. The third-order valence-electron chi connectivity index (χ3n) is 2.75. The number of rotatable bonds is 5. The molecule has 0 amide bonds. The molecule has 18 heavy (non-hydrogen) atoms. The van der Waals surface area contributed by atoms with Gasteiger partial charge in [-0.25, -0.2) is 4.68 Å². The maximum absolute atomic E-state index is 10.0. The van der Waals surface area contributed by atoms with Crippen LogP contribution in [0.5, 0.6) is 0 Å². The van der Waals surface area contributed by atoms with Crippen LogP contribution in [0.25, 0.3) is 0 Å². The van der Waals surface area contributed by atoms with Crippen LogP contribution >= 0.6 is 0 Å². The second-order valence-electron chi connectivity index (χ2n) is 3.91. The maximum Gasteiger partial charge on any atom is 0.114 e. The van der Waals surface area contributed by atoms with E-state index in [4.69, 9.17) is 5.11 Å². The average Bonchev–Trinajstić information content (AvgIpc) is 2.81.